The first kappa shape index (κ1) is 28.6. The highest BCUT2D eigenvalue weighted by Crippen LogP contribution is 2.51. The van der Waals surface area contributed by atoms with Crippen molar-refractivity contribution in [2.75, 3.05) is 6.54 Å². The summed E-state index contributed by atoms with van der Waals surface area (Å²) in [5.41, 5.74) is -0.156. The standard InChI is InChI=1S/C28H29Cl2N3O6S/c1-16(24(34)26(36)32-19-10-11-19)31-25(35)22-14-20(40(38,39)23-5-3-2-4-21(23)30)15-33(22)27(37)28(12-13-28)17-6-8-18(29)9-7-17/h2-9,16,19-20,22H,10-15H2,1H3,(H,31,35)(H,32,36). The monoisotopic (exact) mass is 605 g/mol. The van der Waals surface area contributed by atoms with Crippen LogP contribution in [0.3, 0.4) is 0 Å². The SMILES string of the molecule is CC(NC(=O)C1CC(S(=O)(=O)c2ccccc2Cl)CN1C(=O)C1(c2ccc(Cl)cc2)CC1)C(=O)C(=O)NC1CC1. The van der Waals surface area contributed by atoms with Crippen molar-refractivity contribution < 1.29 is 27.6 Å². The lowest BCUT2D eigenvalue weighted by atomic mass is 9.94. The van der Waals surface area contributed by atoms with Crippen molar-refractivity contribution in [1.29, 1.82) is 0 Å². The van der Waals surface area contributed by atoms with Crippen molar-refractivity contribution in [2.45, 2.75) is 72.7 Å². The van der Waals surface area contributed by atoms with Gasteiger partial charge in [-0.2, -0.15) is 0 Å². The number of carbonyl (C=O) groups excluding carboxylic acids is 4. The van der Waals surface area contributed by atoms with Gasteiger partial charge >= 0.3 is 0 Å². The average molecular weight is 607 g/mol. The lowest BCUT2D eigenvalue weighted by Gasteiger charge is -2.29. The molecule has 9 nitrogen and oxygen atoms in total. The number of halogens is 2. The Labute approximate surface area is 242 Å². The van der Waals surface area contributed by atoms with Gasteiger partial charge in [-0.05, 0) is 68.9 Å². The molecule has 2 aromatic carbocycles. The van der Waals surface area contributed by atoms with Crippen LogP contribution >= 0.6 is 23.2 Å². The van der Waals surface area contributed by atoms with Crippen molar-refractivity contribution >= 4 is 56.5 Å². The summed E-state index contributed by atoms with van der Waals surface area (Å²) in [6, 6.07) is 10.6. The third kappa shape index (κ3) is 5.49. The number of nitrogens with zero attached hydrogens (tertiary/aromatic N) is 1. The maximum Gasteiger partial charge on any atom is 0.289 e. The molecule has 3 aliphatic rings. The van der Waals surface area contributed by atoms with Crippen LogP contribution < -0.4 is 10.6 Å². The van der Waals surface area contributed by atoms with Gasteiger partial charge in [-0.25, -0.2) is 8.42 Å². The smallest absolute Gasteiger partial charge is 0.289 e. The van der Waals surface area contributed by atoms with Crippen LogP contribution in [-0.4, -0.2) is 66.7 Å². The number of ketones is 1. The Morgan fingerprint density at radius 2 is 1.65 bits per heavy atom. The molecule has 1 aliphatic heterocycles. The number of benzene rings is 2. The van der Waals surface area contributed by atoms with Gasteiger partial charge in [0.05, 0.1) is 26.6 Å². The first-order valence-corrected chi connectivity index (χ1v) is 15.4. The Bertz CT molecular complexity index is 1470. The Morgan fingerprint density at radius 3 is 2.25 bits per heavy atom. The quantitative estimate of drug-likeness (QED) is 0.423. The summed E-state index contributed by atoms with van der Waals surface area (Å²) in [5.74, 6) is -2.65. The first-order chi connectivity index (χ1) is 18.9. The Hall–Kier alpha value is -2.95. The number of nitrogens with one attached hydrogen (secondary N) is 2. The van der Waals surface area contributed by atoms with Crippen LogP contribution in [0.25, 0.3) is 0 Å². The molecule has 40 heavy (non-hydrogen) atoms. The summed E-state index contributed by atoms with van der Waals surface area (Å²) >= 11 is 12.2. The van der Waals surface area contributed by atoms with E-state index in [-0.39, 0.29) is 34.8 Å². The van der Waals surface area contributed by atoms with E-state index in [4.69, 9.17) is 23.2 Å². The molecular formula is C28H29Cl2N3O6S. The van der Waals surface area contributed by atoms with E-state index in [2.05, 4.69) is 10.6 Å². The van der Waals surface area contributed by atoms with Crippen LogP contribution in [0.4, 0.5) is 0 Å². The summed E-state index contributed by atoms with van der Waals surface area (Å²) in [5, 5.41) is 4.61. The molecule has 2 N–H and O–H groups in total. The van der Waals surface area contributed by atoms with E-state index < -0.39 is 50.2 Å². The van der Waals surface area contributed by atoms with E-state index in [1.165, 1.54) is 24.0 Å². The van der Waals surface area contributed by atoms with Gasteiger partial charge in [0.15, 0.2) is 9.84 Å². The highest BCUT2D eigenvalue weighted by molar-refractivity contribution is 7.92. The third-order valence-electron chi connectivity index (χ3n) is 7.85. The third-order valence-corrected chi connectivity index (χ3v) is 10.7. The second kappa shape index (κ2) is 10.8. The summed E-state index contributed by atoms with van der Waals surface area (Å²) in [7, 11) is -4.02. The molecular weight excluding hydrogens is 577 g/mol. The van der Waals surface area contributed by atoms with E-state index in [9.17, 15) is 27.6 Å². The van der Waals surface area contributed by atoms with E-state index in [0.717, 1.165) is 18.4 Å². The van der Waals surface area contributed by atoms with Gasteiger partial charge in [0.2, 0.25) is 17.6 Å². The lowest BCUT2D eigenvalue weighted by Crippen LogP contribution is -2.53. The van der Waals surface area contributed by atoms with Crippen molar-refractivity contribution in [2.24, 2.45) is 0 Å². The second-order valence-corrected chi connectivity index (χ2v) is 13.8. The van der Waals surface area contributed by atoms with Crippen LogP contribution in [0.1, 0.15) is 44.6 Å². The van der Waals surface area contributed by atoms with E-state index in [1.54, 1.807) is 36.4 Å². The molecule has 3 unspecified atom stereocenters. The molecule has 212 valence electrons. The molecule has 1 heterocycles. The normalized spacial score (nSPS) is 22.3. The van der Waals surface area contributed by atoms with Crippen LogP contribution in [0.15, 0.2) is 53.4 Å². The molecule has 3 atom stereocenters. The minimum atomic E-state index is -4.02. The zero-order chi connectivity index (χ0) is 28.8. The lowest BCUT2D eigenvalue weighted by molar-refractivity contribution is -0.142. The van der Waals surface area contributed by atoms with Crippen molar-refractivity contribution in [1.82, 2.24) is 15.5 Å². The molecule has 2 saturated carbocycles. The average Bonchev–Trinajstić information content (AvgIpc) is 3.86. The second-order valence-electron chi connectivity index (χ2n) is 10.7. The fraction of sp³-hybridized carbons (Fsp3) is 0.429. The zero-order valence-corrected chi connectivity index (χ0v) is 24.1. The van der Waals surface area contributed by atoms with Crippen molar-refractivity contribution in [3.8, 4) is 0 Å². The van der Waals surface area contributed by atoms with Gasteiger partial charge in [0.1, 0.15) is 6.04 Å². The number of sulfone groups is 1. The van der Waals surface area contributed by atoms with Crippen LogP contribution in [0.2, 0.25) is 10.0 Å². The van der Waals surface area contributed by atoms with Gasteiger partial charge in [-0.3, -0.25) is 19.2 Å². The molecule has 3 fully saturated rings. The van der Waals surface area contributed by atoms with Gasteiger partial charge in [-0.15, -0.1) is 0 Å². The van der Waals surface area contributed by atoms with Crippen molar-refractivity contribution in [3.05, 3.63) is 64.1 Å². The van der Waals surface area contributed by atoms with E-state index in [1.807, 2.05) is 0 Å². The molecule has 3 amide bonds. The van der Waals surface area contributed by atoms with Gasteiger partial charge < -0.3 is 15.5 Å². The van der Waals surface area contributed by atoms with Gasteiger partial charge in [-0.1, -0.05) is 47.5 Å². The predicted molar refractivity (Wildman–Crippen MR) is 149 cm³/mol. The Balaban J connectivity index is 1.41. The van der Waals surface area contributed by atoms with Crippen LogP contribution in [0, 0.1) is 0 Å². The fourth-order valence-electron chi connectivity index (χ4n) is 5.20. The van der Waals surface area contributed by atoms with E-state index in [0.29, 0.717) is 17.9 Å². The summed E-state index contributed by atoms with van der Waals surface area (Å²) in [6.07, 6.45) is 2.50. The summed E-state index contributed by atoms with van der Waals surface area (Å²) in [4.78, 5) is 53.6. The van der Waals surface area contributed by atoms with Crippen LogP contribution in [-0.2, 0) is 34.4 Å². The number of carbonyl (C=O) groups is 4. The predicted octanol–water partition coefficient (Wildman–Crippen LogP) is 2.82. The molecule has 0 bridgehead atoms. The molecule has 12 heteroatoms. The maximum absolute atomic E-state index is 14.0. The fourth-order valence-corrected chi connectivity index (χ4v) is 7.55. The first-order valence-electron chi connectivity index (χ1n) is 13.1. The highest BCUT2D eigenvalue weighted by atomic mass is 35.5. The minimum Gasteiger partial charge on any atom is -0.347 e. The highest BCUT2D eigenvalue weighted by Gasteiger charge is 2.57. The Morgan fingerprint density at radius 1 is 1.00 bits per heavy atom. The summed E-state index contributed by atoms with van der Waals surface area (Å²) in [6.45, 7) is 1.17. The largest absolute Gasteiger partial charge is 0.347 e. The van der Waals surface area contributed by atoms with Gasteiger partial charge in [0, 0.05) is 17.6 Å². The summed E-state index contributed by atoms with van der Waals surface area (Å²) < 4.78 is 27.2. The number of rotatable bonds is 9. The van der Waals surface area contributed by atoms with Crippen LogP contribution in [0.5, 0.6) is 0 Å². The van der Waals surface area contributed by atoms with Crippen molar-refractivity contribution in [3.63, 3.8) is 0 Å². The number of hydrogen-bond donors (Lipinski definition) is 2. The molecule has 2 aromatic rings. The maximum atomic E-state index is 14.0. The van der Waals surface area contributed by atoms with E-state index >= 15 is 0 Å². The minimum absolute atomic E-state index is 0.0272. The molecule has 0 radical (unpaired) electrons. The molecule has 0 aromatic heterocycles. The molecule has 5 rings (SSSR count). The molecule has 2 aliphatic carbocycles. The number of likely N-dealkylation sites (tertiary alicyclic amines) is 1. The number of amides is 3. The molecule has 0 spiro atoms. The molecule has 1 saturated heterocycles. The number of Topliss-reactive ketones (excluding diaryl/α,β-unsaturated/α-hetero) is 1. The zero-order valence-electron chi connectivity index (χ0n) is 21.7. The Kier molecular flexibility index (Phi) is 7.71. The number of hydrogen-bond acceptors (Lipinski definition) is 6. The topological polar surface area (TPSA) is 130 Å². The van der Waals surface area contributed by atoms with Gasteiger partial charge in [0.25, 0.3) is 5.91 Å².